The quantitative estimate of drug-likeness (QED) is 0.889. The van der Waals surface area contributed by atoms with Crippen molar-refractivity contribution in [2.45, 2.75) is 53.5 Å². The van der Waals surface area contributed by atoms with Crippen LogP contribution in [0.1, 0.15) is 45.1 Å². The highest BCUT2D eigenvalue weighted by Crippen LogP contribution is 2.27. The van der Waals surface area contributed by atoms with Gasteiger partial charge in [-0.1, -0.05) is 26.8 Å². The van der Waals surface area contributed by atoms with Crippen molar-refractivity contribution in [1.29, 1.82) is 0 Å². The number of rotatable bonds is 3. The van der Waals surface area contributed by atoms with Crippen LogP contribution in [0.3, 0.4) is 0 Å². The number of carbonyl (C=O) groups excluding carboxylic acids is 2. The predicted molar refractivity (Wildman–Crippen MR) is 104 cm³/mol. The van der Waals surface area contributed by atoms with Crippen molar-refractivity contribution in [3.63, 3.8) is 0 Å². The standard InChI is InChI=1S/C21H27N3O3/c1-13-14(2)27-19(22-13)15-8-6-9-16(12-15)23-18(25)17-10-7-11-24(17)20(26)21(3,4)5/h6,8-9,12,17H,7,10-11H2,1-5H3,(H,23,25). The molecular weight excluding hydrogens is 342 g/mol. The van der Waals surface area contributed by atoms with Gasteiger partial charge in [-0.3, -0.25) is 9.59 Å². The Morgan fingerprint density at radius 1 is 1.26 bits per heavy atom. The lowest BCUT2D eigenvalue weighted by atomic mass is 9.94. The number of benzene rings is 1. The van der Waals surface area contributed by atoms with E-state index in [-0.39, 0.29) is 11.8 Å². The monoisotopic (exact) mass is 369 g/mol. The maximum absolute atomic E-state index is 12.8. The zero-order valence-electron chi connectivity index (χ0n) is 16.6. The molecule has 1 unspecified atom stereocenters. The summed E-state index contributed by atoms with van der Waals surface area (Å²) in [5, 5.41) is 2.95. The number of nitrogens with zero attached hydrogens (tertiary/aromatic N) is 2. The number of aryl methyl sites for hydroxylation is 2. The first kappa shape index (κ1) is 19.1. The average molecular weight is 369 g/mol. The van der Waals surface area contributed by atoms with Crippen LogP contribution < -0.4 is 5.32 Å². The summed E-state index contributed by atoms with van der Waals surface area (Å²) in [6.45, 7) is 10.0. The van der Waals surface area contributed by atoms with Gasteiger partial charge in [0.05, 0.1) is 5.69 Å². The van der Waals surface area contributed by atoms with Gasteiger partial charge in [0.1, 0.15) is 11.8 Å². The van der Waals surface area contributed by atoms with Crippen LogP contribution in [0.4, 0.5) is 5.69 Å². The second kappa shape index (κ2) is 7.18. The van der Waals surface area contributed by atoms with Crippen LogP contribution >= 0.6 is 0 Å². The summed E-state index contributed by atoms with van der Waals surface area (Å²) in [6, 6.07) is 6.99. The Bertz CT molecular complexity index is 844. The zero-order valence-corrected chi connectivity index (χ0v) is 16.6. The Morgan fingerprint density at radius 3 is 2.63 bits per heavy atom. The van der Waals surface area contributed by atoms with E-state index in [1.54, 1.807) is 4.90 Å². The van der Waals surface area contributed by atoms with Crippen LogP contribution in [0.15, 0.2) is 28.7 Å². The number of aromatic nitrogens is 1. The molecule has 1 aliphatic rings. The molecule has 0 aliphatic carbocycles. The second-order valence-electron chi connectivity index (χ2n) is 8.14. The van der Waals surface area contributed by atoms with Crippen LogP contribution in [0.25, 0.3) is 11.5 Å². The topological polar surface area (TPSA) is 75.4 Å². The lowest BCUT2D eigenvalue weighted by Gasteiger charge is -2.30. The van der Waals surface area contributed by atoms with Crippen molar-refractivity contribution < 1.29 is 14.0 Å². The molecule has 0 saturated carbocycles. The van der Waals surface area contributed by atoms with E-state index < -0.39 is 11.5 Å². The fourth-order valence-corrected chi connectivity index (χ4v) is 3.26. The molecular formula is C21H27N3O3. The van der Waals surface area contributed by atoms with Crippen LogP contribution in [0.2, 0.25) is 0 Å². The fraction of sp³-hybridized carbons (Fsp3) is 0.476. The van der Waals surface area contributed by atoms with Gasteiger partial charge in [-0.2, -0.15) is 0 Å². The van der Waals surface area contributed by atoms with Crippen LogP contribution in [-0.4, -0.2) is 34.3 Å². The average Bonchev–Trinajstić information content (AvgIpc) is 3.21. The summed E-state index contributed by atoms with van der Waals surface area (Å²) in [5.41, 5.74) is 1.82. The van der Waals surface area contributed by atoms with Gasteiger partial charge < -0.3 is 14.6 Å². The van der Waals surface area contributed by atoms with Crippen LogP contribution in [-0.2, 0) is 9.59 Å². The van der Waals surface area contributed by atoms with Gasteiger partial charge >= 0.3 is 0 Å². The molecule has 27 heavy (non-hydrogen) atoms. The Balaban J connectivity index is 1.76. The second-order valence-corrected chi connectivity index (χ2v) is 8.14. The number of likely N-dealkylation sites (tertiary alicyclic amines) is 1. The third-order valence-corrected chi connectivity index (χ3v) is 4.86. The molecule has 0 spiro atoms. The Morgan fingerprint density at radius 2 is 2.00 bits per heavy atom. The maximum Gasteiger partial charge on any atom is 0.247 e. The smallest absolute Gasteiger partial charge is 0.247 e. The molecule has 1 saturated heterocycles. The van der Waals surface area contributed by atoms with Gasteiger partial charge in [0.2, 0.25) is 17.7 Å². The molecule has 1 atom stereocenters. The number of amides is 2. The van der Waals surface area contributed by atoms with Gasteiger partial charge in [-0.25, -0.2) is 4.98 Å². The molecule has 2 amide bonds. The molecule has 0 radical (unpaired) electrons. The lowest BCUT2D eigenvalue weighted by molar-refractivity contribution is -0.143. The van der Waals surface area contributed by atoms with Crippen molar-refractivity contribution >= 4 is 17.5 Å². The number of carbonyl (C=O) groups is 2. The number of hydrogen-bond donors (Lipinski definition) is 1. The third-order valence-electron chi connectivity index (χ3n) is 4.86. The van der Waals surface area contributed by atoms with Crippen molar-refractivity contribution in [3.8, 4) is 11.5 Å². The summed E-state index contributed by atoms with van der Waals surface area (Å²) in [7, 11) is 0. The van der Waals surface area contributed by atoms with E-state index in [1.807, 2.05) is 58.9 Å². The zero-order chi connectivity index (χ0) is 19.8. The molecule has 1 aromatic carbocycles. The molecule has 6 nitrogen and oxygen atoms in total. The highest BCUT2D eigenvalue weighted by atomic mass is 16.4. The van der Waals surface area contributed by atoms with E-state index in [4.69, 9.17) is 4.42 Å². The first-order chi connectivity index (χ1) is 12.7. The molecule has 1 aliphatic heterocycles. The highest BCUT2D eigenvalue weighted by Gasteiger charge is 2.38. The molecule has 0 bridgehead atoms. The number of oxazole rings is 1. The van der Waals surface area contributed by atoms with Crippen LogP contribution in [0, 0.1) is 19.3 Å². The van der Waals surface area contributed by atoms with Gasteiger partial charge in [0, 0.05) is 23.2 Å². The molecule has 144 valence electrons. The first-order valence-corrected chi connectivity index (χ1v) is 9.33. The first-order valence-electron chi connectivity index (χ1n) is 9.33. The van der Waals surface area contributed by atoms with E-state index in [2.05, 4.69) is 10.3 Å². The predicted octanol–water partition coefficient (Wildman–Crippen LogP) is 3.93. The van der Waals surface area contributed by atoms with Crippen molar-refractivity contribution in [2.75, 3.05) is 11.9 Å². The normalized spacial score (nSPS) is 17.2. The lowest BCUT2D eigenvalue weighted by Crippen LogP contribution is -2.47. The van der Waals surface area contributed by atoms with Gasteiger partial charge in [-0.15, -0.1) is 0 Å². The largest absolute Gasteiger partial charge is 0.441 e. The molecule has 1 N–H and O–H groups in total. The summed E-state index contributed by atoms with van der Waals surface area (Å²) < 4.78 is 5.67. The summed E-state index contributed by atoms with van der Waals surface area (Å²) in [6.07, 6.45) is 1.53. The number of hydrogen-bond acceptors (Lipinski definition) is 4. The van der Waals surface area contributed by atoms with Gasteiger partial charge in [0.15, 0.2) is 0 Å². The maximum atomic E-state index is 12.8. The van der Waals surface area contributed by atoms with E-state index >= 15 is 0 Å². The molecule has 6 heteroatoms. The molecule has 1 fully saturated rings. The minimum Gasteiger partial charge on any atom is -0.441 e. The van der Waals surface area contributed by atoms with E-state index in [0.29, 0.717) is 24.5 Å². The van der Waals surface area contributed by atoms with Crippen molar-refractivity contribution in [2.24, 2.45) is 5.41 Å². The van der Waals surface area contributed by atoms with Crippen molar-refractivity contribution in [1.82, 2.24) is 9.88 Å². The number of anilines is 1. The molecule has 2 aromatic rings. The Labute approximate surface area is 160 Å². The molecule has 3 rings (SSSR count). The number of nitrogens with one attached hydrogen (secondary N) is 1. The van der Waals surface area contributed by atoms with Crippen molar-refractivity contribution in [3.05, 3.63) is 35.7 Å². The summed E-state index contributed by atoms with van der Waals surface area (Å²) in [4.78, 5) is 31.6. The van der Waals surface area contributed by atoms with E-state index in [9.17, 15) is 9.59 Å². The summed E-state index contributed by atoms with van der Waals surface area (Å²) >= 11 is 0. The van der Waals surface area contributed by atoms with E-state index in [0.717, 1.165) is 23.4 Å². The van der Waals surface area contributed by atoms with E-state index in [1.165, 1.54) is 0 Å². The molecule has 1 aromatic heterocycles. The molecule has 2 heterocycles. The fourth-order valence-electron chi connectivity index (χ4n) is 3.26. The third kappa shape index (κ3) is 4.04. The Kier molecular flexibility index (Phi) is 5.09. The van der Waals surface area contributed by atoms with Gasteiger partial charge in [0.25, 0.3) is 0 Å². The summed E-state index contributed by atoms with van der Waals surface area (Å²) in [5.74, 6) is 1.18. The minimum absolute atomic E-state index is 0.0136. The minimum atomic E-state index is -0.497. The van der Waals surface area contributed by atoms with Crippen LogP contribution in [0.5, 0.6) is 0 Å². The van der Waals surface area contributed by atoms with Gasteiger partial charge in [-0.05, 0) is 44.9 Å². The Hall–Kier alpha value is -2.63. The SMILES string of the molecule is Cc1nc(-c2cccc(NC(=O)C3CCCN3C(=O)C(C)(C)C)c2)oc1C. The highest BCUT2D eigenvalue weighted by molar-refractivity contribution is 5.98.